The predicted molar refractivity (Wildman–Crippen MR) is 78.9 cm³/mol. The molecule has 0 bridgehead atoms. The van der Waals surface area contributed by atoms with E-state index in [1.807, 2.05) is 6.07 Å². The highest BCUT2D eigenvalue weighted by Crippen LogP contribution is 2.26. The van der Waals surface area contributed by atoms with Crippen molar-refractivity contribution in [3.8, 4) is 0 Å². The van der Waals surface area contributed by atoms with Gasteiger partial charge in [-0.2, -0.15) is 20.5 Å². The number of likely N-dealkylation sites (tertiary alicyclic amines) is 1. The minimum Gasteiger partial charge on any atom is -0.480 e. The monoisotopic (exact) mass is 318 g/mol. The Labute approximate surface area is 132 Å². The van der Waals surface area contributed by atoms with Crippen molar-refractivity contribution >= 4 is 11.9 Å². The summed E-state index contributed by atoms with van der Waals surface area (Å²) in [5.41, 5.74) is 1.76. The number of carbonyl (C=O) groups is 2. The number of carboxylic acid groups (broad SMARTS) is 1. The molecule has 1 fully saturated rings. The van der Waals surface area contributed by atoms with E-state index in [4.69, 9.17) is 5.11 Å². The molecule has 1 amide bonds. The zero-order valence-electron chi connectivity index (χ0n) is 12.8. The summed E-state index contributed by atoms with van der Waals surface area (Å²) in [5.74, 6) is -0.956. The smallest absolute Gasteiger partial charge is 0.325 e. The Kier molecular flexibility index (Phi) is 4.09. The average molecular weight is 318 g/mol. The van der Waals surface area contributed by atoms with Gasteiger partial charge in [-0.3, -0.25) is 14.3 Å². The summed E-state index contributed by atoms with van der Waals surface area (Å²) >= 11 is 0. The van der Waals surface area contributed by atoms with Gasteiger partial charge in [-0.25, -0.2) is 0 Å². The van der Waals surface area contributed by atoms with Gasteiger partial charge in [-0.15, -0.1) is 0 Å². The molecule has 2 N–H and O–H groups in total. The summed E-state index contributed by atoms with van der Waals surface area (Å²) in [5, 5.41) is 23.4. The molecule has 1 atom stereocenters. The van der Waals surface area contributed by atoms with E-state index in [9.17, 15) is 9.59 Å². The molecule has 0 unspecified atom stereocenters. The summed E-state index contributed by atoms with van der Waals surface area (Å²) < 4.78 is 1.40. The van der Waals surface area contributed by atoms with Gasteiger partial charge in [-0.1, -0.05) is 0 Å². The first-order valence-electron chi connectivity index (χ1n) is 7.46. The number of hydrogen-bond acceptors (Lipinski definition) is 5. The fourth-order valence-corrected chi connectivity index (χ4v) is 2.86. The van der Waals surface area contributed by atoms with Gasteiger partial charge in [-0.05, 0) is 25.8 Å². The Bertz CT molecular complexity index is 722. The van der Waals surface area contributed by atoms with Gasteiger partial charge >= 0.3 is 5.97 Å². The van der Waals surface area contributed by atoms with Crippen molar-refractivity contribution in [2.75, 3.05) is 13.1 Å². The zero-order valence-corrected chi connectivity index (χ0v) is 12.8. The number of aromatic nitrogens is 5. The van der Waals surface area contributed by atoms with Crippen LogP contribution in [0.15, 0.2) is 12.3 Å². The lowest BCUT2D eigenvalue weighted by molar-refractivity contribution is -0.137. The summed E-state index contributed by atoms with van der Waals surface area (Å²) in [6, 6.07) is 1.82. The first-order valence-corrected chi connectivity index (χ1v) is 7.46. The number of carbonyl (C=O) groups excluding carboxylic acids is 1. The van der Waals surface area contributed by atoms with Crippen LogP contribution in [0.1, 0.15) is 40.6 Å². The SMILES string of the molecule is Cc1n[nH]nc1C(=O)N1CCC[C@@H](c2ccn(CC(=O)O)n2)C1. The van der Waals surface area contributed by atoms with Crippen molar-refractivity contribution in [2.24, 2.45) is 0 Å². The second-order valence-corrected chi connectivity index (χ2v) is 5.68. The van der Waals surface area contributed by atoms with Gasteiger partial charge in [0.25, 0.3) is 5.91 Å². The summed E-state index contributed by atoms with van der Waals surface area (Å²) in [7, 11) is 0. The van der Waals surface area contributed by atoms with Crippen molar-refractivity contribution in [1.82, 2.24) is 30.1 Å². The number of piperidine rings is 1. The molecule has 0 aromatic carbocycles. The van der Waals surface area contributed by atoms with E-state index in [0.29, 0.717) is 24.5 Å². The van der Waals surface area contributed by atoms with Crippen molar-refractivity contribution in [1.29, 1.82) is 0 Å². The van der Waals surface area contributed by atoms with Gasteiger partial charge < -0.3 is 10.0 Å². The molecule has 2 aromatic heterocycles. The summed E-state index contributed by atoms with van der Waals surface area (Å²) in [6.07, 6.45) is 3.46. The topological polar surface area (TPSA) is 117 Å². The molecule has 1 aliphatic heterocycles. The number of nitrogens with one attached hydrogen (secondary N) is 1. The van der Waals surface area contributed by atoms with E-state index in [0.717, 1.165) is 18.5 Å². The lowest BCUT2D eigenvalue weighted by atomic mass is 9.94. The minimum atomic E-state index is -0.929. The second kappa shape index (κ2) is 6.19. The van der Waals surface area contributed by atoms with Crippen LogP contribution in [0.5, 0.6) is 0 Å². The maximum atomic E-state index is 12.5. The van der Waals surface area contributed by atoms with Gasteiger partial charge in [0.1, 0.15) is 6.54 Å². The van der Waals surface area contributed by atoms with Gasteiger partial charge in [0.15, 0.2) is 5.69 Å². The predicted octanol–water partition coefficient (Wildman–Crippen LogP) is 0.414. The first-order chi connectivity index (χ1) is 11.0. The third kappa shape index (κ3) is 3.22. The van der Waals surface area contributed by atoms with E-state index in [2.05, 4.69) is 20.5 Å². The van der Waals surface area contributed by atoms with Crippen LogP contribution < -0.4 is 0 Å². The van der Waals surface area contributed by atoms with Gasteiger partial charge in [0, 0.05) is 25.2 Å². The minimum absolute atomic E-state index is 0.106. The van der Waals surface area contributed by atoms with Crippen LogP contribution >= 0.6 is 0 Å². The largest absolute Gasteiger partial charge is 0.480 e. The van der Waals surface area contributed by atoms with Gasteiger partial charge in [0.05, 0.1) is 11.4 Å². The molecule has 0 saturated carbocycles. The maximum Gasteiger partial charge on any atom is 0.325 e. The van der Waals surface area contributed by atoms with Crippen LogP contribution in [-0.2, 0) is 11.3 Å². The molecular formula is C14H18N6O3. The number of hydrogen-bond donors (Lipinski definition) is 2. The van der Waals surface area contributed by atoms with Crippen LogP contribution in [0.4, 0.5) is 0 Å². The molecule has 0 aliphatic carbocycles. The zero-order chi connectivity index (χ0) is 16.4. The number of H-pyrrole nitrogens is 1. The number of amides is 1. The Morgan fingerprint density at radius 1 is 1.43 bits per heavy atom. The Morgan fingerprint density at radius 3 is 2.96 bits per heavy atom. The lowest BCUT2D eigenvalue weighted by Crippen LogP contribution is -2.39. The molecule has 23 heavy (non-hydrogen) atoms. The van der Waals surface area contributed by atoms with E-state index in [1.54, 1.807) is 18.0 Å². The van der Waals surface area contributed by atoms with E-state index in [1.165, 1.54) is 4.68 Å². The van der Waals surface area contributed by atoms with Crippen LogP contribution in [-0.4, -0.2) is 60.2 Å². The summed E-state index contributed by atoms with van der Waals surface area (Å²) in [4.78, 5) is 25.0. The third-order valence-electron chi connectivity index (χ3n) is 4.01. The van der Waals surface area contributed by atoms with Crippen molar-refractivity contribution in [3.05, 3.63) is 29.3 Å². The molecular weight excluding hydrogens is 300 g/mol. The molecule has 122 valence electrons. The maximum absolute atomic E-state index is 12.5. The lowest BCUT2D eigenvalue weighted by Gasteiger charge is -2.31. The first kappa shape index (κ1) is 15.2. The van der Waals surface area contributed by atoms with Crippen molar-refractivity contribution in [3.63, 3.8) is 0 Å². The van der Waals surface area contributed by atoms with Crippen LogP contribution in [0, 0.1) is 6.92 Å². The number of rotatable bonds is 4. The van der Waals surface area contributed by atoms with E-state index >= 15 is 0 Å². The highest BCUT2D eigenvalue weighted by Gasteiger charge is 2.28. The number of nitrogens with zero attached hydrogens (tertiary/aromatic N) is 5. The average Bonchev–Trinajstić information content (AvgIpc) is 3.15. The molecule has 0 spiro atoms. The molecule has 3 heterocycles. The Hall–Kier alpha value is -2.71. The number of aromatic amines is 1. The second-order valence-electron chi connectivity index (χ2n) is 5.68. The third-order valence-corrected chi connectivity index (χ3v) is 4.01. The molecule has 9 nitrogen and oxygen atoms in total. The van der Waals surface area contributed by atoms with Gasteiger partial charge in [0.2, 0.25) is 0 Å². The summed E-state index contributed by atoms with van der Waals surface area (Å²) in [6.45, 7) is 2.81. The molecule has 0 radical (unpaired) electrons. The Morgan fingerprint density at radius 2 is 2.26 bits per heavy atom. The van der Waals surface area contributed by atoms with Crippen LogP contribution in [0.3, 0.4) is 0 Å². The standard InChI is InChI=1S/C14H18N6O3/c1-9-13(16-18-15-9)14(23)19-5-2-3-10(7-19)11-4-6-20(17-11)8-12(21)22/h4,6,10H,2-3,5,7-8H2,1H3,(H,21,22)(H,15,16,18)/t10-/m1/s1. The highest BCUT2D eigenvalue weighted by molar-refractivity contribution is 5.93. The highest BCUT2D eigenvalue weighted by atomic mass is 16.4. The molecule has 3 rings (SSSR count). The fraction of sp³-hybridized carbons (Fsp3) is 0.500. The normalized spacial score (nSPS) is 18.1. The van der Waals surface area contributed by atoms with Crippen molar-refractivity contribution < 1.29 is 14.7 Å². The Balaban J connectivity index is 1.71. The van der Waals surface area contributed by atoms with Crippen LogP contribution in [0.2, 0.25) is 0 Å². The molecule has 2 aromatic rings. The van der Waals surface area contributed by atoms with E-state index < -0.39 is 5.97 Å². The van der Waals surface area contributed by atoms with E-state index in [-0.39, 0.29) is 18.4 Å². The molecule has 1 aliphatic rings. The molecule has 1 saturated heterocycles. The quantitative estimate of drug-likeness (QED) is 0.843. The van der Waals surface area contributed by atoms with Crippen LogP contribution in [0.25, 0.3) is 0 Å². The number of aliphatic carboxylic acids is 1. The fourth-order valence-electron chi connectivity index (χ4n) is 2.86. The molecule has 9 heteroatoms. The van der Waals surface area contributed by atoms with Crippen molar-refractivity contribution in [2.45, 2.75) is 32.2 Å². The number of carboxylic acids is 1. The number of aryl methyl sites for hydroxylation is 1.